The van der Waals surface area contributed by atoms with Crippen LogP contribution in [-0.2, 0) is 0 Å². The molecule has 0 aromatic carbocycles. The van der Waals surface area contributed by atoms with Crippen molar-refractivity contribution < 1.29 is 9.59 Å². The van der Waals surface area contributed by atoms with Gasteiger partial charge in [0, 0.05) is 0 Å². The number of likely N-dealkylation sites (N-methyl/N-ethyl adjacent to an activating group) is 1. The lowest BCUT2D eigenvalue weighted by atomic mass is 10.6. The predicted octanol–water partition coefficient (Wildman–Crippen LogP) is -0.312. The van der Waals surface area contributed by atoms with E-state index >= 15 is 0 Å². The molecule has 0 bridgehead atoms. The minimum absolute atomic E-state index is 0.203. The van der Waals surface area contributed by atoms with Gasteiger partial charge in [0.05, 0.1) is 20.7 Å². The second kappa shape index (κ2) is 3.49. The van der Waals surface area contributed by atoms with E-state index in [9.17, 15) is 0 Å². The molecule has 0 radical (unpaired) electrons. The number of quaternary nitrogens is 1. The molecule has 0 saturated carbocycles. The van der Waals surface area contributed by atoms with Gasteiger partial charge in [0.25, 0.3) is 0 Å². The Bertz CT molecular complexity index is 113. The Labute approximate surface area is 56.7 Å². The van der Waals surface area contributed by atoms with E-state index in [0.717, 1.165) is 6.54 Å². The molecule has 1 N–H and O–H groups in total. The summed E-state index contributed by atoms with van der Waals surface area (Å²) in [7, 11) is 3.99. The first-order valence-corrected chi connectivity index (χ1v) is 2.99. The lowest BCUT2D eigenvalue weighted by Crippen LogP contribution is -2.42. The molecule has 0 fully saturated rings. The van der Waals surface area contributed by atoms with Gasteiger partial charge >= 0.3 is 0 Å². The van der Waals surface area contributed by atoms with Crippen molar-refractivity contribution in [3.8, 4) is 12.3 Å². The zero-order chi connectivity index (χ0) is 7.33. The Hall–Kier alpha value is -0.520. The summed E-state index contributed by atoms with van der Waals surface area (Å²) in [5.41, 5.74) is 0. The summed E-state index contributed by atoms with van der Waals surface area (Å²) in [6.45, 7) is 1.61. The van der Waals surface area contributed by atoms with Gasteiger partial charge in [0.1, 0.15) is 13.1 Å². The molecule has 52 valence electrons. The summed E-state index contributed by atoms with van der Waals surface area (Å²) in [5, 5.41) is 8.54. The van der Waals surface area contributed by atoms with Crippen LogP contribution in [0.25, 0.3) is 0 Å². The van der Waals surface area contributed by atoms with Crippen LogP contribution >= 0.6 is 0 Å². The van der Waals surface area contributed by atoms with Crippen LogP contribution in [0.4, 0.5) is 0 Å². The highest BCUT2D eigenvalue weighted by molar-refractivity contribution is 4.82. The number of nitrogens with zero attached hydrogens (tertiary/aromatic N) is 1. The number of aliphatic hydroxyl groups excluding tert-OH is 1. The Kier molecular flexibility index (Phi) is 3.29. The predicted molar refractivity (Wildman–Crippen MR) is 37.8 cm³/mol. The molecule has 0 aliphatic heterocycles. The summed E-state index contributed by atoms with van der Waals surface area (Å²) in [6.07, 6.45) is 5.10. The Morgan fingerprint density at radius 2 is 2.11 bits per heavy atom. The van der Waals surface area contributed by atoms with Gasteiger partial charge in [0.2, 0.25) is 0 Å². The number of terminal acetylenes is 1. The fourth-order valence-electron chi connectivity index (χ4n) is 0.597. The monoisotopic (exact) mass is 129 g/mol. The van der Waals surface area contributed by atoms with E-state index in [0.29, 0.717) is 11.0 Å². The molecule has 0 unspecified atom stereocenters. The average molecular weight is 129 g/mol. The number of rotatable bonds is 3. The lowest BCUT2D eigenvalue weighted by molar-refractivity contribution is -0.883. The lowest BCUT2D eigenvalue weighted by Gasteiger charge is -2.25. The molecule has 0 aromatic heterocycles. The maximum absolute atomic E-state index is 8.54. The highest BCUT2D eigenvalue weighted by Crippen LogP contribution is 1.92. The third kappa shape index (κ3) is 4.01. The fraction of sp³-hybridized carbons (Fsp3) is 0.714. The Balaban J connectivity index is 3.59. The number of hydrogen-bond donors (Lipinski definition) is 1. The average Bonchev–Trinajstić information content (AvgIpc) is 1.64. The van der Waals surface area contributed by atoms with Gasteiger partial charge in [0.15, 0.2) is 0 Å². The van der Waals surface area contributed by atoms with Gasteiger partial charge in [-0.25, -0.2) is 0 Å². The quantitative estimate of drug-likeness (QED) is 0.315. The maximum atomic E-state index is 8.54. The van der Waals surface area contributed by atoms with Gasteiger partial charge in [-0.2, -0.15) is 0 Å². The first kappa shape index (κ1) is 8.48. The molecule has 0 amide bonds. The van der Waals surface area contributed by atoms with E-state index in [4.69, 9.17) is 11.5 Å². The molecule has 9 heavy (non-hydrogen) atoms. The third-order valence-electron chi connectivity index (χ3n) is 1.22. The van der Waals surface area contributed by atoms with Crippen molar-refractivity contribution in [2.45, 2.75) is 0 Å². The van der Waals surface area contributed by atoms with Gasteiger partial charge in [-0.1, -0.05) is 0 Å². The van der Waals surface area contributed by atoms with Gasteiger partial charge < -0.3 is 9.59 Å². The van der Waals surface area contributed by atoms with Crippen LogP contribution in [0.2, 0.25) is 0 Å². The van der Waals surface area contributed by atoms with Crippen molar-refractivity contribution in [1.82, 2.24) is 0 Å². The maximum Gasteiger partial charge on any atom is 0.140 e. The minimum Gasteiger partial charge on any atom is -0.391 e. The van der Waals surface area contributed by atoms with E-state index < -0.39 is 0 Å². The van der Waals surface area contributed by atoms with Crippen LogP contribution in [0.15, 0.2) is 0 Å². The topological polar surface area (TPSA) is 20.2 Å². The van der Waals surface area contributed by atoms with Crippen LogP contribution < -0.4 is 0 Å². The van der Waals surface area contributed by atoms with Crippen molar-refractivity contribution in [2.24, 2.45) is 0 Å². The smallest absolute Gasteiger partial charge is 0.140 e. The standard InChI is InChI=1S/C7H14NO/c1-4-5-8(2,3)6-7-9/h1,9H,5-7H2,2-3H3/q+1/i8+1. The Morgan fingerprint density at radius 3 is 2.44 bits per heavy atom. The molecular weight excluding hydrogens is 115 g/mol. The fourth-order valence-corrected chi connectivity index (χ4v) is 0.597. The van der Waals surface area contributed by atoms with Gasteiger partial charge in [-0.3, -0.25) is 0 Å². The van der Waals surface area contributed by atoms with Crippen molar-refractivity contribution in [2.75, 3.05) is 33.8 Å². The third-order valence-corrected chi connectivity index (χ3v) is 1.22. The van der Waals surface area contributed by atoms with Crippen molar-refractivity contribution in [1.29, 1.82) is 0 Å². The van der Waals surface area contributed by atoms with Gasteiger partial charge in [-0.05, 0) is 5.92 Å². The molecular formula is C7H14NO+. The largest absolute Gasteiger partial charge is 0.391 e. The normalized spacial score (nSPS) is 10.9. The molecule has 2 nitrogen and oxygen atoms in total. The van der Waals surface area contributed by atoms with Crippen LogP contribution in [0.5, 0.6) is 0 Å². The summed E-state index contributed by atoms with van der Waals surface area (Å²) < 4.78 is 0.701. The molecule has 2 heteroatoms. The summed E-state index contributed by atoms with van der Waals surface area (Å²) in [4.78, 5) is 0. The first-order chi connectivity index (χ1) is 4.12. The van der Waals surface area contributed by atoms with Crippen molar-refractivity contribution in [3.05, 3.63) is 0 Å². The molecule has 0 aromatic rings. The van der Waals surface area contributed by atoms with Crippen molar-refractivity contribution >= 4 is 0 Å². The van der Waals surface area contributed by atoms with E-state index in [1.807, 2.05) is 14.1 Å². The van der Waals surface area contributed by atoms with Crippen LogP contribution in [-0.4, -0.2) is 43.4 Å². The molecule has 0 rings (SSSR count). The molecule has 0 aliphatic rings. The van der Waals surface area contributed by atoms with Crippen molar-refractivity contribution in [3.63, 3.8) is 0 Å². The summed E-state index contributed by atoms with van der Waals surface area (Å²) in [6, 6.07) is 0. The molecule has 0 spiro atoms. The Morgan fingerprint density at radius 1 is 1.56 bits per heavy atom. The van der Waals surface area contributed by atoms with Crippen LogP contribution in [0.3, 0.4) is 0 Å². The summed E-state index contributed by atoms with van der Waals surface area (Å²) in [5.74, 6) is 2.55. The van der Waals surface area contributed by atoms with E-state index in [2.05, 4.69) is 5.92 Å². The summed E-state index contributed by atoms with van der Waals surface area (Å²) >= 11 is 0. The first-order valence-electron chi connectivity index (χ1n) is 2.99. The second-order valence-corrected chi connectivity index (χ2v) is 2.75. The van der Waals surface area contributed by atoms with E-state index in [1.54, 1.807) is 0 Å². The van der Waals surface area contributed by atoms with Crippen LogP contribution in [0.1, 0.15) is 0 Å². The zero-order valence-corrected chi connectivity index (χ0v) is 6.09. The highest BCUT2D eigenvalue weighted by Gasteiger charge is 2.10. The molecule has 0 heterocycles. The minimum atomic E-state index is 0.203. The molecule has 0 aliphatic carbocycles. The van der Waals surface area contributed by atoms with Gasteiger partial charge in [-0.15, -0.1) is 6.42 Å². The SMILES string of the molecule is C#CC[15N+](C)(C)CCO. The molecule has 0 saturated heterocycles. The number of aliphatic hydroxyl groups is 1. The van der Waals surface area contributed by atoms with E-state index in [1.165, 1.54) is 0 Å². The van der Waals surface area contributed by atoms with Crippen LogP contribution in [0, 0.1) is 12.3 Å². The number of hydrogen-bond acceptors (Lipinski definition) is 1. The zero-order valence-electron chi connectivity index (χ0n) is 6.09. The second-order valence-electron chi connectivity index (χ2n) is 2.75. The van der Waals surface area contributed by atoms with E-state index in [-0.39, 0.29) is 6.61 Å². The highest BCUT2D eigenvalue weighted by atomic mass is 16.3. The molecule has 0 atom stereocenters.